The Kier molecular flexibility index (Phi) is 9.18. The van der Waals surface area contributed by atoms with Gasteiger partial charge < -0.3 is 20.3 Å². The van der Waals surface area contributed by atoms with Gasteiger partial charge in [-0.05, 0) is 77.9 Å². The minimum absolute atomic E-state index is 0.122. The predicted octanol–water partition coefficient (Wildman–Crippen LogP) is 5.42. The summed E-state index contributed by atoms with van der Waals surface area (Å²) in [4.78, 5) is 29.0. The van der Waals surface area contributed by atoms with Crippen molar-refractivity contribution in [1.82, 2.24) is 34.4 Å². The zero-order valence-electron chi connectivity index (χ0n) is 28.1. The first-order valence-electron chi connectivity index (χ1n) is 16.4. The van der Waals surface area contributed by atoms with Crippen molar-refractivity contribution in [2.75, 3.05) is 39.0 Å². The van der Waals surface area contributed by atoms with Gasteiger partial charge >= 0.3 is 0 Å². The number of carbonyl (C=O) groups is 1. The number of piperidine rings is 1. The molecule has 2 aromatic carbocycles. The zero-order valence-corrected chi connectivity index (χ0v) is 28.1. The number of anilines is 1. The molecule has 250 valence electrons. The number of ether oxygens (including phenoxy) is 1. The molecule has 2 fully saturated rings. The second kappa shape index (κ2) is 13.3. The van der Waals surface area contributed by atoms with Crippen LogP contribution in [0.3, 0.4) is 0 Å². The van der Waals surface area contributed by atoms with E-state index in [1.54, 1.807) is 33.8 Å². The second-order valence-electron chi connectivity index (χ2n) is 13.5. The number of fused-ring (bicyclic) bond motifs is 1. The Morgan fingerprint density at radius 1 is 1.08 bits per heavy atom. The van der Waals surface area contributed by atoms with Crippen molar-refractivity contribution < 1.29 is 13.9 Å². The zero-order chi connectivity index (χ0) is 34.2. The molecule has 0 aliphatic carbocycles. The lowest BCUT2D eigenvalue weighted by Crippen LogP contribution is -2.61. The van der Waals surface area contributed by atoms with Gasteiger partial charge in [-0.25, -0.2) is 19.0 Å². The first-order chi connectivity index (χ1) is 23.0. The maximum Gasteiger partial charge on any atom is 0.264 e. The number of carbonyl (C=O) groups excluding carboxylic acids is 1. The van der Waals surface area contributed by atoms with Crippen LogP contribution < -0.4 is 10.5 Å². The Morgan fingerprint density at radius 3 is 2.58 bits per heavy atom. The fraction of sp³-hybridized carbons (Fsp3) is 0.417. The largest absolute Gasteiger partial charge is 0.457 e. The highest BCUT2D eigenvalue weighted by Gasteiger charge is 2.37. The summed E-state index contributed by atoms with van der Waals surface area (Å²) in [7, 11) is 2.12. The lowest BCUT2D eigenvalue weighted by Gasteiger charge is -2.49. The molecular weight excluding hydrogens is 609 g/mol. The number of nitrogens with two attached hydrogens (primary N) is 1. The third-order valence-electron chi connectivity index (χ3n) is 9.61. The number of rotatable bonds is 7. The third kappa shape index (κ3) is 6.48. The Morgan fingerprint density at radius 2 is 1.85 bits per heavy atom. The first-order valence-corrected chi connectivity index (χ1v) is 16.4. The number of benzene rings is 2. The lowest BCUT2D eigenvalue weighted by atomic mass is 9.93. The van der Waals surface area contributed by atoms with Crippen LogP contribution in [0, 0.1) is 17.1 Å². The van der Waals surface area contributed by atoms with Gasteiger partial charge in [0.05, 0.1) is 11.4 Å². The number of nitrogen functional groups attached to an aromatic ring is 1. The minimum Gasteiger partial charge on any atom is -0.457 e. The fourth-order valence-electron chi connectivity index (χ4n) is 7.00. The van der Waals surface area contributed by atoms with E-state index in [1.165, 1.54) is 12.4 Å². The molecule has 12 heteroatoms. The number of nitrogens with zero attached hydrogens (tertiary/aromatic N) is 8. The number of para-hydroxylation sites is 1. The van der Waals surface area contributed by atoms with Crippen molar-refractivity contribution in [2.45, 2.75) is 64.2 Å². The van der Waals surface area contributed by atoms with Gasteiger partial charge in [0.25, 0.3) is 5.91 Å². The molecule has 3 atom stereocenters. The highest BCUT2D eigenvalue weighted by atomic mass is 19.1. The number of hydrogen-bond acceptors (Lipinski definition) is 9. The van der Waals surface area contributed by atoms with E-state index in [0.29, 0.717) is 60.2 Å². The fourth-order valence-corrected chi connectivity index (χ4v) is 7.00. The van der Waals surface area contributed by atoms with Crippen LogP contribution in [0.1, 0.15) is 46.6 Å². The van der Waals surface area contributed by atoms with Gasteiger partial charge in [-0.2, -0.15) is 10.4 Å². The summed E-state index contributed by atoms with van der Waals surface area (Å²) in [5, 5.41) is 15.5. The number of piperazine rings is 1. The second-order valence-corrected chi connectivity index (χ2v) is 13.5. The summed E-state index contributed by atoms with van der Waals surface area (Å²) >= 11 is 0. The van der Waals surface area contributed by atoms with Crippen LogP contribution in [-0.2, 0) is 4.79 Å². The molecule has 0 saturated carbocycles. The van der Waals surface area contributed by atoms with Gasteiger partial charge in [-0.1, -0.05) is 18.2 Å². The van der Waals surface area contributed by atoms with Crippen molar-refractivity contribution in [2.24, 2.45) is 0 Å². The Labute approximate surface area is 280 Å². The number of likely N-dealkylation sites (N-methyl/N-ethyl adjacent to an activating group) is 1. The van der Waals surface area contributed by atoms with Crippen molar-refractivity contribution in [1.29, 1.82) is 5.26 Å². The van der Waals surface area contributed by atoms with Gasteiger partial charge in [0, 0.05) is 55.4 Å². The van der Waals surface area contributed by atoms with E-state index in [1.807, 2.05) is 24.3 Å². The van der Waals surface area contributed by atoms with Crippen LogP contribution in [0.2, 0.25) is 0 Å². The maximum absolute atomic E-state index is 15.7. The number of likely N-dealkylation sites (tertiary alicyclic amines) is 1. The molecule has 2 aliphatic rings. The minimum atomic E-state index is -0.533. The average molecular weight is 652 g/mol. The topological polar surface area (TPSA) is 129 Å². The molecule has 11 nitrogen and oxygen atoms in total. The number of aromatic nitrogens is 4. The van der Waals surface area contributed by atoms with Crippen LogP contribution in [0.5, 0.6) is 11.5 Å². The van der Waals surface area contributed by atoms with Crippen molar-refractivity contribution in [3.63, 3.8) is 0 Å². The molecule has 0 radical (unpaired) electrons. The number of halogens is 1. The standard InChI is InChI=1S/C36H42FN9O2/c1-23-20-45(24(2)19-43(23)5)36(3,4)17-25(18-38)35(47)44-15-9-10-26(21-44)46-34-31(33(39)40-22-41-34)32(42-46)29-14-13-28(16-30(29)37)48-27-11-7-6-8-12-27/h6-8,11-14,16-17,22-24,26H,9-10,15,19-21H2,1-5H3,(H2,39,40,41)/b25-17-/t23-,24+,26-/m1/s1. The average Bonchev–Trinajstić information content (AvgIpc) is 3.46. The summed E-state index contributed by atoms with van der Waals surface area (Å²) < 4.78 is 23.2. The van der Waals surface area contributed by atoms with Crippen LogP contribution in [0.25, 0.3) is 22.3 Å². The predicted molar refractivity (Wildman–Crippen MR) is 183 cm³/mol. The molecular formula is C36H42FN9O2. The van der Waals surface area contributed by atoms with Crippen LogP contribution >= 0.6 is 0 Å². The van der Waals surface area contributed by atoms with E-state index in [-0.39, 0.29) is 34.9 Å². The van der Waals surface area contributed by atoms with Crippen molar-refractivity contribution >= 4 is 22.8 Å². The van der Waals surface area contributed by atoms with Gasteiger partial charge in [0.15, 0.2) is 5.65 Å². The summed E-state index contributed by atoms with van der Waals surface area (Å²) in [6.45, 7) is 11.1. The number of nitriles is 1. The highest BCUT2D eigenvalue weighted by molar-refractivity contribution is 5.99. The van der Waals surface area contributed by atoms with E-state index in [9.17, 15) is 10.1 Å². The Balaban J connectivity index is 1.27. The Hall–Kier alpha value is -4.86. The normalized spacial score (nSPS) is 21.3. The summed E-state index contributed by atoms with van der Waals surface area (Å²) in [6.07, 6.45) is 4.58. The van der Waals surface area contributed by atoms with E-state index in [0.717, 1.165) is 13.1 Å². The SMILES string of the molecule is C[C@@H]1CN(C(C)(C)/C=C(/C#N)C(=O)N2CCC[C@@H](n3nc(-c4ccc(Oc5ccccc5)cc4F)c4c(N)ncnc43)C2)[C@@H](C)CN1C. The van der Waals surface area contributed by atoms with Crippen LogP contribution in [0.15, 0.2) is 66.5 Å². The van der Waals surface area contributed by atoms with Gasteiger partial charge in [0.2, 0.25) is 0 Å². The lowest BCUT2D eigenvalue weighted by molar-refractivity contribution is -0.128. The molecule has 0 spiro atoms. The van der Waals surface area contributed by atoms with Crippen molar-refractivity contribution in [3.05, 3.63) is 72.3 Å². The van der Waals surface area contributed by atoms with Gasteiger partial charge in [-0.3, -0.25) is 9.69 Å². The monoisotopic (exact) mass is 651 g/mol. The molecule has 2 saturated heterocycles. The van der Waals surface area contributed by atoms with Crippen LogP contribution in [0.4, 0.5) is 10.2 Å². The highest BCUT2D eigenvalue weighted by Crippen LogP contribution is 2.37. The summed E-state index contributed by atoms with van der Waals surface area (Å²) in [6, 6.07) is 16.3. The molecule has 4 aromatic rings. The summed E-state index contributed by atoms with van der Waals surface area (Å²) in [5.74, 6) is 0.274. The molecule has 2 N–H and O–H groups in total. The number of amides is 1. The quantitative estimate of drug-likeness (QED) is 0.206. The van der Waals surface area contributed by atoms with E-state index < -0.39 is 11.4 Å². The van der Waals surface area contributed by atoms with E-state index in [2.05, 4.69) is 60.6 Å². The molecule has 0 unspecified atom stereocenters. The summed E-state index contributed by atoms with van der Waals surface area (Å²) in [5.41, 5.74) is 6.95. The molecule has 6 rings (SSSR count). The van der Waals surface area contributed by atoms with Gasteiger partial charge in [-0.15, -0.1) is 0 Å². The first kappa shape index (κ1) is 33.1. The third-order valence-corrected chi connectivity index (χ3v) is 9.61. The smallest absolute Gasteiger partial charge is 0.264 e. The van der Waals surface area contributed by atoms with Crippen LogP contribution in [-0.4, -0.2) is 91.2 Å². The molecule has 1 amide bonds. The van der Waals surface area contributed by atoms with E-state index in [4.69, 9.17) is 15.6 Å². The maximum atomic E-state index is 15.7. The molecule has 2 aliphatic heterocycles. The number of hydrogen-bond donors (Lipinski definition) is 1. The molecule has 48 heavy (non-hydrogen) atoms. The Bertz CT molecular complexity index is 1880. The van der Waals surface area contributed by atoms with Gasteiger partial charge in [0.1, 0.15) is 46.8 Å². The van der Waals surface area contributed by atoms with E-state index >= 15 is 4.39 Å². The molecule has 4 heterocycles. The molecule has 0 bridgehead atoms. The molecule has 2 aromatic heterocycles. The van der Waals surface area contributed by atoms with Crippen molar-refractivity contribution in [3.8, 4) is 28.8 Å².